The SMILES string of the molecule is O=C(c1ccccc1OC(F)F)N1CCC(c2ccc(O)cc2)CC1. The number of alkyl halides is 2. The average Bonchev–Trinajstić information content (AvgIpc) is 2.62. The first-order valence-corrected chi connectivity index (χ1v) is 8.16. The summed E-state index contributed by atoms with van der Waals surface area (Å²) in [4.78, 5) is 14.3. The predicted molar refractivity (Wildman–Crippen MR) is 89.1 cm³/mol. The fourth-order valence-corrected chi connectivity index (χ4v) is 3.17. The summed E-state index contributed by atoms with van der Waals surface area (Å²) in [5.74, 6) is 0.160. The number of hydrogen-bond acceptors (Lipinski definition) is 3. The third-order valence-electron chi connectivity index (χ3n) is 4.48. The molecule has 0 radical (unpaired) electrons. The predicted octanol–water partition coefficient (Wildman–Crippen LogP) is 4.01. The van der Waals surface area contributed by atoms with Gasteiger partial charge in [-0.05, 0) is 48.6 Å². The molecule has 0 aliphatic carbocycles. The van der Waals surface area contributed by atoms with Crippen molar-refractivity contribution in [2.75, 3.05) is 13.1 Å². The molecule has 1 heterocycles. The quantitative estimate of drug-likeness (QED) is 0.909. The van der Waals surface area contributed by atoms with E-state index < -0.39 is 6.61 Å². The van der Waals surface area contributed by atoms with Gasteiger partial charge in [-0.15, -0.1) is 0 Å². The molecule has 1 aliphatic rings. The number of para-hydroxylation sites is 1. The van der Waals surface area contributed by atoms with Crippen molar-refractivity contribution in [1.82, 2.24) is 4.90 Å². The van der Waals surface area contributed by atoms with Crippen LogP contribution in [0.2, 0.25) is 0 Å². The number of phenols is 1. The Hall–Kier alpha value is -2.63. The van der Waals surface area contributed by atoms with Crippen molar-refractivity contribution >= 4 is 5.91 Å². The molecule has 132 valence electrons. The lowest BCUT2D eigenvalue weighted by Crippen LogP contribution is -2.38. The Morgan fingerprint density at radius 2 is 1.72 bits per heavy atom. The number of hydrogen-bond donors (Lipinski definition) is 1. The van der Waals surface area contributed by atoms with E-state index in [1.165, 1.54) is 12.1 Å². The van der Waals surface area contributed by atoms with Crippen LogP contribution in [0.15, 0.2) is 48.5 Å². The van der Waals surface area contributed by atoms with Crippen LogP contribution >= 0.6 is 0 Å². The Kier molecular flexibility index (Phi) is 5.16. The fourth-order valence-electron chi connectivity index (χ4n) is 3.17. The van der Waals surface area contributed by atoms with Crippen LogP contribution in [0.3, 0.4) is 0 Å². The highest BCUT2D eigenvalue weighted by Gasteiger charge is 2.26. The van der Waals surface area contributed by atoms with Crippen molar-refractivity contribution in [1.29, 1.82) is 0 Å². The molecule has 1 N–H and O–H groups in total. The van der Waals surface area contributed by atoms with Crippen LogP contribution in [0, 0.1) is 0 Å². The molecule has 0 unspecified atom stereocenters. The largest absolute Gasteiger partial charge is 0.508 e. The third-order valence-corrected chi connectivity index (χ3v) is 4.48. The van der Waals surface area contributed by atoms with Gasteiger partial charge in [0.25, 0.3) is 5.91 Å². The monoisotopic (exact) mass is 347 g/mol. The van der Waals surface area contributed by atoms with Crippen LogP contribution in [0.25, 0.3) is 0 Å². The molecular weight excluding hydrogens is 328 g/mol. The van der Waals surface area contributed by atoms with Crippen molar-refractivity contribution in [2.45, 2.75) is 25.4 Å². The number of ether oxygens (including phenoxy) is 1. The molecule has 2 aromatic carbocycles. The van der Waals surface area contributed by atoms with E-state index in [1.807, 2.05) is 12.1 Å². The summed E-state index contributed by atoms with van der Waals surface area (Å²) in [5, 5.41) is 9.37. The van der Waals surface area contributed by atoms with E-state index in [2.05, 4.69) is 4.74 Å². The second kappa shape index (κ2) is 7.51. The van der Waals surface area contributed by atoms with Gasteiger partial charge in [-0.3, -0.25) is 4.79 Å². The Morgan fingerprint density at radius 3 is 2.36 bits per heavy atom. The number of aromatic hydroxyl groups is 1. The number of halogens is 2. The zero-order valence-corrected chi connectivity index (χ0v) is 13.6. The minimum absolute atomic E-state index is 0.0943. The molecule has 0 bridgehead atoms. The van der Waals surface area contributed by atoms with E-state index in [0.29, 0.717) is 19.0 Å². The Morgan fingerprint density at radius 1 is 1.08 bits per heavy atom. The summed E-state index contributed by atoms with van der Waals surface area (Å²) in [6.07, 6.45) is 1.57. The number of carbonyl (C=O) groups excluding carboxylic acids is 1. The van der Waals surface area contributed by atoms with Gasteiger partial charge in [0.1, 0.15) is 11.5 Å². The number of benzene rings is 2. The first-order chi connectivity index (χ1) is 12.0. The minimum atomic E-state index is -2.96. The van der Waals surface area contributed by atoms with E-state index in [9.17, 15) is 18.7 Å². The summed E-state index contributed by atoms with van der Waals surface area (Å²) < 4.78 is 29.5. The van der Waals surface area contributed by atoms with Crippen LogP contribution < -0.4 is 4.74 Å². The average molecular weight is 347 g/mol. The van der Waals surface area contributed by atoms with Gasteiger partial charge in [0.05, 0.1) is 5.56 Å². The van der Waals surface area contributed by atoms with E-state index in [1.54, 1.807) is 29.2 Å². The number of likely N-dealkylation sites (tertiary alicyclic amines) is 1. The van der Waals surface area contributed by atoms with Crippen molar-refractivity contribution in [3.05, 3.63) is 59.7 Å². The van der Waals surface area contributed by atoms with Crippen molar-refractivity contribution < 1.29 is 23.4 Å². The van der Waals surface area contributed by atoms with Crippen molar-refractivity contribution in [3.63, 3.8) is 0 Å². The van der Waals surface area contributed by atoms with E-state index in [-0.39, 0.29) is 23.0 Å². The molecule has 0 spiro atoms. The highest BCUT2D eigenvalue weighted by Crippen LogP contribution is 2.30. The third kappa shape index (κ3) is 4.07. The molecular formula is C19H19F2NO3. The molecule has 4 nitrogen and oxygen atoms in total. The molecule has 1 aliphatic heterocycles. The zero-order chi connectivity index (χ0) is 17.8. The van der Waals surface area contributed by atoms with Gasteiger partial charge in [0.15, 0.2) is 0 Å². The smallest absolute Gasteiger partial charge is 0.387 e. The number of phenolic OH excluding ortho intramolecular Hbond substituents is 1. The maximum Gasteiger partial charge on any atom is 0.387 e. The molecule has 2 aromatic rings. The lowest BCUT2D eigenvalue weighted by atomic mass is 9.89. The van der Waals surface area contributed by atoms with E-state index >= 15 is 0 Å². The van der Waals surface area contributed by atoms with Gasteiger partial charge in [-0.1, -0.05) is 24.3 Å². The second-order valence-corrected chi connectivity index (χ2v) is 6.03. The van der Waals surface area contributed by atoms with Crippen LogP contribution in [0.4, 0.5) is 8.78 Å². The molecule has 0 saturated carbocycles. The van der Waals surface area contributed by atoms with Gasteiger partial charge in [0, 0.05) is 13.1 Å². The van der Waals surface area contributed by atoms with Gasteiger partial charge >= 0.3 is 6.61 Å². The molecule has 6 heteroatoms. The molecule has 0 atom stereocenters. The lowest BCUT2D eigenvalue weighted by molar-refractivity contribution is -0.0503. The highest BCUT2D eigenvalue weighted by molar-refractivity contribution is 5.97. The Labute approximate surface area is 144 Å². The van der Waals surface area contributed by atoms with Crippen LogP contribution in [0.5, 0.6) is 11.5 Å². The standard InChI is InChI=1S/C19H19F2NO3/c20-19(21)25-17-4-2-1-3-16(17)18(24)22-11-9-14(10-12-22)13-5-7-15(23)8-6-13/h1-8,14,19,23H,9-12H2. The van der Waals surface area contributed by atoms with Crippen LogP contribution in [-0.4, -0.2) is 35.6 Å². The van der Waals surface area contributed by atoms with Crippen LogP contribution in [0.1, 0.15) is 34.7 Å². The number of carbonyl (C=O) groups is 1. The van der Waals surface area contributed by atoms with Gasteiger partial charge < -0.3 is 14.7 Å². The fraction of sp³-hybridized carbons (Fsp3) is 0.316. The Bertz CT molecular complexity index is 726. The second-order valence-electron chi connectivity index (χ2n) is 6.03. The normalized spacial score (nSPS) is 15.4. The van der Waals surface area contributed by atoms with Gasteiger partial charge in [0.2, 0.25) is 0 Å². The van der Waals surface area contributed by atoms with Gasteiger partial charge in [-0.25, -0.2) is 0 Å². The summed E-state index contributed by atoms with van der Waals surface area (Å²) in [5.41, 5.74) is 1.29. The summed E-state index contributed by atoms with van der Waals surface area (Å²) in [6, 6.07) is 13.2. The molecule has 1 saturated heterocycles. The number of nitrogens with zero attached hydrogens (tertiary/aromatic N) is 1. The van der Waals surface area contributed by atoms with Gasteiger partial charge in [-0.2, -0.15) is 8.78 Å². The van der Waals surface area contributed by atoms with E-state index in [4.69, 9.17) is 0 Å². The first kappa shape index (κ1) is 17.2. The lowest BCUT2D eigenvalue weighted by Gasteiger charge is -2.32. The first-order valence-electron chi connectivity index (χ1n) is 8.16. The summed E-state index contributed by atoms with van der Waals surface area (Å²) >= 11 is 0. The van der Waals surface area contributed by atoms with E-state index in [0.717, 1.165) is 18.4 Å². The van der Waals surface area contributed by atoms with Crippen LogP contribution in [-0.2, 0) is 0 Å². The number of piperidine rings is 1. The maximum absolute atomic E-state index is 12.7. The molecule has 1 amide bonds. The minimum Gasteiger partial charge on any atom is -0.508 e. The molecule has 0 aromatic heterocycles. The van der Waals surface area contributed by atoms with Crippen molar-refractivity contribution in [3.8, 4) is 11.5 Å². The number of amides is 1. The zero-order valence-electron chi connectivity index (χ0n) is 13.6. The number of rotatable bonds is 4. The molecule has 25 heavy (non-hydrogen) atoms. The topological polar surface area (TPSA) is 49.8 Å². The molecule has 3 rings (SSSR count). The summed E-state index contributed by atoms with van der Waals surface area (Å²) in [6.45, 7) is -1.87. The highest BCUT2D eigenvalue weighted by atomic mass is 19.3. The molecule has 1 fully saturated rings. The Balaban J connectivity index is 1.67. The van der Waals surface area contributed by atoms with Crippen molar-refractivity contribution in [2.24, 2.45) is 0 Å². The maximum atomic E-state index is 12.7. The summed E-state index contributed by atoms with van der Waals surface area (Å²) in [7, 11) is 0.